The number of ether oxygens (including phenoxy) is 1. The van der Waals surface area contributed by atoms with E-state index in [9.17, 15) is 9.59 Å². The van der Waals surface area contributed by atoms with Gasteiger partial charge >= 0.3 is 5.97 Å². The molecule has 1 aliphatic rings. The van der Waals surface area contributed by atoms with Gasteiger partial charge in [0.2, 0.25) is 5.89 Å². The maximum Gasteiger partial charge on any atom is 0.332 e. The summed E-state index contributed by atoms with van der Waals surface area (Å²) in [7, 11) is 0. The van der Waals surface area contributed by atoms with Crippen LogP contribution in [0.1, 0.15) is 12.8 Å². The maximum atomic E-state index is 12.1. The van der Waals surface area contributed by atoms with Crippen molar-refractivity contribution >= 4 is 17.6 Å². The second-order valence-corrected chi connectivity index (χ2v) is 4.94. The Balaban J connectivity index is 1.67. The average Bonchev–Trinajstić information content (AvgIpc) is 3.19. The maximum absolute atomic E-state index is 12.1. The number of carboxylic acid groups (broad SMARTS) is 1. The number of aliphatic carboxylic acids is 1. The van der Waals surface area contributed by atoms with Gasteiger partial charge in [-0.05, 0) is 31.0 Å². The van der Waals surface area contributed by atoms with Crippen molar-refractivity contribution in [3.8, 4) is 11.5 Å². The number of hydrogen-bond donors (Lipinski definition) is 2. The number of hydrogen-bond acceptors (Lipinski definition) is 5. The number of rotatable bonds is 4. The van der Waals surface area contributed by atoms with Crippen LogP contribution in [0, 0.1) is 0 Å². The van der Waals surface area contributed by atoms with Crippen molar-refractivity contribution in [3.63, 3.8) is 0 Å². The first-order chi connectivity index (χ1) is 10.6. The molecule has 2 aromatic rings. The van der Waals surface area contributed by atoms with Gasteiger partial charge in [-0.1, -0.05) is 6.07 Å². The highest BCUT2D eigenvalue weighted by Gasteiger charge is 2.34. The molecule has 7 heteroatoms. The number of anilines is 1. The first-order valence-electron chi connectivity index (χ1n) is 6.82. The Morgan fingerprint density at radius 3 is 2.77 bits per heavy atom. The lowest BCUT2D eigenvalue weighted by Crippen LogP contribution is -2.29. The Labute approximate surface area is 125 Å². The van der Waals surface area contributed by atoms with Gasteiger partial charge in [-0.15, -0.1) is 0 Å². The smallest absolute Gasteiger partial charge is 0.332 e. The normalized spacial score (nSPS) is 20.7. The van der Waals surface area contributed by atoms with Gasteiger partial charge in [0, 0.05) is 11.3 Å². The van der Waals surface area contributed by atoms with Gasteiger partial charge in [0.15, 0.2) is 6.10 Å². The summed E-state index contributed by atoms with van der Waals surface area (Å²) in [5, 5.41) is 11.6. The van der Waals surface area contributed by atoms with Crippen LogP contribution in [0.15, 0.2) is 41.1 Å². The van der Waals surface area contributed by atoms with E-state index in [0.717, 1.165) is 5.56 Å². The lowest BCUT2D eigenvalue weighted by molar-refractivity contribution is -0.150. The van der Waals surface area contributed by atoms with Crippen LogP contribution in [0.4, 0.5) is 5.69 Å². The molecule has 1 fully saturated rings. The van der Waals surface area contributed by atoms with Crippen LogP contribution in [0.2, 0.25) is 0 Å². The third-order valence-corrected chi connectivity index (χ3v) is 3.40. The van der Waals surface area contributed by atoms with Gasteiger partial charge in [-0.3, -0.25) is 4.79 Å². The summed E-state index contributed by atoms with van der Waals surface area (Å²) in [6.45, 7) is 0. The fraction of sp³-hybridized carbons (Fsp3) is 0.267. The van der Waals surface area contributed by atoms with Crippen LogP contribution >= 0.6 is 0 Å². The zero-order chi connectivity index (χ0) is 15.5. The number of benzene rings is 1. The first kappa shape index (κ1) is 14.3. The summed E-state index contributed by atoms with van der Waals surface area (Å²) < 4.78 is 10.4. The molecule has 1 aromatic heterocycles. The number of amides is 1. The van der Waals surface area contributed by atoms with Gasteiger partial charge in [0.05, 0.1) is 6.20 Å². The second-order valence-electron chi connectivity index (χ2n) is 4.94. The van der Waals surface area contributed by atoms with Crippen molar-refractivity contribution in [2.24, 2.45) is 0 Å². The largest absolute Gasteiger partial charge is 0.479 e. The molecule has 114 valence electrons. The predicted octanol–water partition coefficient (Wildman–Crippen LogP) is 1.91. The van der Waals surface area contributed by atoms with E-state index in [2.05, 4.69) is 10.3 Å². The molecule has 22 heavy (non-hydrogen) atoms. The molecule has 7 nitrogen and oxygen atoms in total. The third kappa shape index (κ3) is 2.99. The van der Waals surface area contributed by atoms with E-state index in [4.69, 9.17) is 14.3 Å². The molecule has 2 heterocycles. The van der Waals surface area contributed by atoms with Gasteiger partial charge in [0.1, 0.15) is 12.4 Å². The zero-order valence-electron chi connectivity index (χ0n) is 11.6. The Kier molecular flexibility index (Phi) is 3.88. The standard InChI is InChI=1S/C15H14N2O5/c18-13(11-4-5-12(22-11)15(19)20)17-10-3-1-2-9(8-10)14-16-6-7-21-14/h1-3,6-8,11-12H,4-5H2,(H,17,18)(H,19,20)/t11-,12+/m0/s1. The minimum Gasteiger partial charge on any atom is -0.479 e. The lowest BCUT2D eigenvalue weighted by atomic mass is 10.1. The van der Waals surface area contributed by atoms with E-state index < -0.39 is 18.2 Å². The van der Waals surface area contributed by atoms with Crippen molar-refractivity contribution in [3.05, 3.63) is 36.7 Å². The minimum atomic E-state index is -1.04. The Bertz CT molecular complexity index is 683. The molecular formula is C15H14N2O5. The fourth-order valence-electron chi connectivity index (χ4n) is 2.33. The molecule has 2 atom stereocenters. The average molecular weight is 302 g/mol. The topological polar surface area (TPSA) is 102 Å². The molecule has 0 unspecified atom stereocenters. The minimum absolute atomic E-state index is 0.337. The van der Waals surface area contributed by atoms with Crippen molar-refractivity contribution in [1.82, 2.24) is 4.98 Å². The summed E-state index contributed by atoms with van der Waals surface area (Å²) in [4.78, 5) is 27.0. The van der Waals surface area contributed by atoms with Crippen LogP contribution in [0.25, 0.3) is 11.5 Å². The summed E-state index contributed by atoms with van der Waals surface area (Å²) in [5.41, 5.74) is 1.31. The number of carbonyl (C=O) groups is 2. The monoisotopic (exact) mass is 302 g/mol. The number of carbonyl (C=O) groups excluding carboxylic acids is 1. The molecule has 1 aliphatic heterocycles. The van der Waals surface area contributed by atoms with Gasteiger partial charge < -0.3 is 19.6 Å². The van der Waals surface area contributed by atoms with E-state index in [1.807, 2.05) is 6.07 Å². The first-order valence-corrected chi connectivity index (χ1v) is 6.82. The molecule has 0 spiro atoms. The van der Waals surface area contributed by atoms with Crippen LogP contribution in [-0.4, -0.2) is 34.2 Å². The van der Waals surface area contributed by atoms with Crippen LogP contribution in [-0.2, 0) is 14.3 Å². The van der Waals surface area contributed by atoms with Crippen molar-refractivity contribution in [1.29, 1.82) is 0 Å². The summed E-state index contributed by atoms with van der Waals surface area (Å²) in [6, 6.07) is 7.04. The molecule has 3 rings (SSSR count). The Morgan fingerprint density at radius 1 is 1.27 bits per heavy atom. The quantitative estimate of drug-likeness (QED) is 0.894. The van der Waals surface area contributed by atoms with E-state index in [1.165, 1.54) is 6.26 Å². The molecule has 0 bridgehead atoms. The van der Waals surface area contributed by atoms with Gasteiger partial charge in [0.25, 0.3) is 5.91 Å². The van der Waals surface area contributed by atoms with Crippen molar-refractivity contribution in [2.45, 2.75) is 25.0 Å². The number of aromatic nitrogens is 1. The Morgan fingerprint density at radius 2 is 2.09 bits per heavy atom. The highest BCUT2D eigenvalue weighted by molar-refractivity contribution is 5.95. The fourth-order valence-corrected chi connectivity index (χ4v) is 2.33. The molecule has 2 N–H and O–H groups in total. The molecular weight excluding hydrogens is 288 g/mol. The number of nitrogens with zero attached hydrogens (tertiary/aromatic N) is 1. The number of oxazole rings is 1. The van der Waals surface area contributed by atoms with Crippen molar-refractivity contribution in [2.75, 3.05) is 5.32 Å². The molecule has 0 radical (unpaired) electrons. The highest BCUT2D eigenvalue weighted by atomic mass is 16.5. The molecule has 0 saturated carbocycles. The molecule has 1 aromatic carbocycles. The number of nitrogens with one attached hydrogen (secondary N) is 1. The van der Waals surface area contributed by atoms with Crippen LogP contribution in [0.5, 0.6) is 0 Å². The summed E-state index contributed by atoms with van der Waals surface area (Å²) in [6.07, 6.45) is 2.09. The Hall–Kier alpha value is -2.67. The van der Waals surface area contributed by atoms with Crippen LogP contribution < -0.4 is 5.32 Å². The predicted molar refractivity (Wildman–Crippen MR) is 76.1 cm³/mol. The number of carboxylic acids is 1. The van der Waals surface area contributed by atoms with E-state index in [0.29, 0.717) is 24.4 Å². The van der Waals surface area contributed by atoms with Crippen LogP contribution in [0.3, 0.4) is 0 Å². The molecule has 1 amide bonds. The summed E-state index contributed by atoms with van der Waals surface area (Å²) >= 11 is 0. The second kappa shape index (κ2) is 5.98. The van der Waals surface area contributed by atoms with Gasteiger partial charge in [-0.25, -0.2) is 9.78 Å². The molecule has 0 aliphatic carbocycles. The van der Waals surface area contributed by atoms with E-state index in [1.54, 1.807) is 24.4 Å². The van der Waals surface area contributed by atoms with Crippen molar-refractivity contribution < 1.29 is 23.8 Å². The zero-order valence-corrected chi connectivity index (χ0v) is 11.6. The third-order valence-electron chi connectivity index (χ3n) is 3.40. The summed E-state index contributed by atoms with van der Waals surface area (Å²) in [5.74, 6) is -0.936. The SMILES string of the molecule is O=C(Nc1cccc(-c2ncco2)c1)[C@@H]1CC[C@H](C(=O)O)O1. The van der Waals surface area contributed by atoms with E-state index in [-0.39, 0.29) is 5.91 Å². The van der Waals surface area contributed by atoms with Gasteiger partial charge in [-0.2, -0.15) is 0 Å². The molecule has 1 saturated heterocycles. The van der Waals surface area contributed by atoms with E-state index >= 15 is 0 Å². The highest BCUT2D eigenvalue weighted by Crippen LogP contribution is 2.24. The lowest BCUT2D eigenvalue weighted by Gasteiger charge is -2.12.